The minimum absolute atomic E-state index is 0.0559. The Morgan fingerprint density at radius 1 is 1.31 bits per heavy atom. The third-order valence-corrected chi connectivity index (χ3v) is 5.04. The maximum atomic E-state index is 11.0. The fraction of sp³-hybridized carbons (Fsp3) is 0.100. The molecule has 1 atom stereocenters. The molecule has 0 radical (unpaired) electrons. The van der Waals surface area contributed by atoms with E-state index in [0.29, 0.717) is 33.4 Å². The van der Waals surface area contributed by atoms with Crippen molar-refractivity contribution < 1.29 is 9.45 Å². The molecule has 144 valence electrons. The lowest BCUT2D eigenvalue weighted by atomic mass is 9.82. The predicted molar refractivity (Wildman–Crippen MR) is 107 cm³/mol. The highest BCUT2D eigenvalue weighted by Gasteiger charge is 2.39. The Bertz CT molecular complexity index is 1190. The van der Waals surface area contributed by atoms with Gasteiger partial charge in [0.05, 0.1) is 39.4 Å². The molecule has 2 aromatic carbocycles. The number of benzene rings is 2. The number of aromatic nitrogens is 1. The summed E-state index contributed by atoms with van der Waals surface area (Å²) in [4.78, 5) is 12.0. The van der Waals surface area contributed by atoms with E-state index in [1.165, 1.54) is 12.1 Å². The van der Waals surface area contributed by atoms with Crippen LogP contribution in [0.4, 0.5) is 17.3 Å². The van der Waals surface area contributed by atoms with Crippen molar-refractivity contribution in [3.8, 4) is 6.07 Å². The van der Waals surface area contributed by atoms with Crippen LogP contribution in [-0.2, 0) is 0 Å². The van der Waals surface area contributed by atoms with Crippen molar-refractivity contribution in [3.05, 3.63) is 91.9 Å². The molecule has 2 N–H and O–H groups in total. The SMILES string of the molecule is Cc1noc2c1[C@H](c1cccc(Cl)c1)C(C#N)=C(N)N2c1ccc([N+](=O)[O-])cc1. The number of nitrogens with zero attached hydrogens (tertiary/aromatic N) is 4. The summed E-state index contributed by atoms with van der Waals surface area (Å²) in [5.41, 5.74) is 9.24. The van der Waals surface area contributed by atoms with E-state index in [2.05, 4.69) is 11.2 Å². The van der Waals surface area contributed by atoms with Gasteiger partial charge in [-0.05, 0) is 36.8 Å². The number of hydrogen-bond acceptors (Lipinski definition) is 7. The Morgan fingerprint density at radius 2 is 2.03 bits per heavy atom. The van der Waals surface area contributed by atoms with Gasteiger partial charge in [0.15, 0.2) is 0 Å². The van der Waals surface area contributed by atoms with Gasteiger partial charge >= 0.3 is 0 Å². The van der Waals surface area contributed by atoms with E-state index in [1.54, 1.807) is 42.2 Å². The van der Waals surface area contributed by atoms with Gasteiger partial charge in [-0.25, -0.2) is 0 Å². The van der Waals surface area contributed by atoms with Gasteiger partial charge in [-0.2, -0.15) is 5.26 Å². The summed E-state index contributed by atoms with van der Waals surface area (Å²) in [5, 5.41) is 25.5. The van der Waals surface area contributed by atoms with Crippen molar-refractivity contribution in [2.24, 2.45) is 5.73 Å². The molecule has 8 nitrogen and oxygen atoms in total. The quantitative estimate of drug-likeness (QED) is 0.500. The lowest BCUT2D eigenvalue weighted by molar-refractivity contribution is -0.384. The molecule has 1 aromatic heterocycles. The minimum atomic E-state index is -0.491. The van der Waals surface area contributed by atoms with Crippen LogP contribution >= 0.6 is 11.6 Å². The number of anilines is 2. The average molecular weight is 408 g/mol. The first-order valence-corrected chi connectivity index (χ1v) is 8.96. The number of nitrogens with two attached hydrogens (primary N) is 1. The second-order valence-corrected chi connectivity index (χ2v) is 6.93. The van der Waals surface area contributed by atoms with Crippen molar-refractivity contribution in [1.29, 1.82) is 5.26 Å². The fourth-order valence-corrected chi connectivity index (χ4v) is 3.70. The topological polar surface area (TPSA) is 122 Å². The first kappa shape index (κ1) is 18.5. The molecule has 2 heterocycles. The molecule has 3 aromatic rings. The lowest BCUT2D eigenvalue weighted by Gasteiger charge is -2.32. The van der Waals surface area contributed by atoms with Gasteiger partial charge in [-0.15, -0.1) is 0 Å². The molecule has 0 saturated heterocycles. The maximum absolute atomic E-state index is 11.0. The molecule has 1 aliphatic rings. The van der Waals surface area contributed by atoms with E-state index < -0.39 is 10.8 Å². The number of non-ortho nitro benzene ring substituents is 1. The Hall–Kier alpha value is -3.83. The van der Waals surface area contributed by atoms with Crippen molar-refractivity contribution in [2.45, 2.75) is 12.8 Å². The third kappa shape index (κ3) is 2.98. The maximum Gasteiger partial charge on any atom is 0.269 e. The predicted octanol–water partition coefficient (Wildman–Crippen LogP) is 4.52. The summed E-state index contributed by atoms with van der Waals surface area (Å²) in [6.45, 7) is 1.78. The van der Waals surface area contributed by atoms with Crippen LogP contribution in [0.5, 0.6) is 0 Å². The number of halogens is 1. The van der Waals surface area contributed by atoms with Gasteiger partial charge in [-0.1, -0.05) is 28.9 Å². The first-order valence-electron chi connectivity index (χ1n) is 8.58. The molecule has 4 rings (SSSR count). The largest absolute Gasteiger partial charge is 0.384 e. The van der Waals surface area contributed by atoms with Crippen molar-refractivity contribution in [2.75, 3.05) is 4.90 Å². The Morgan fingerprint density at radius 3 is 2.66 bits per heavy atom. The van der Waals surface area contributed by atoms with Crippen LogP contribution in [0.15, 0.2) is 64.4 Å². The van der Waals surface area contributed by atoms with Crippen LogP contribution in [0.1, 0.15) is 22.7 Å². The van der Waals surface area contributed by atoms with E-state index >= 15 is 0 Å². The summed E-state index contributed by atoms with van der Waals surface area (Å²) < 4.78 is 5.56. The molecule has 0 bridgehead atoms. The Kier molecular flexibility index (Phi) is 4.45. The number of rotatable bonds is 3. The van der Waals surface area contributed by atoms with Gasteiger partial charge < -0.3 is 10.3 Å². The van der Waals surface area contributed by atoms with E-state index in [0.717, 1.165) is 5.56 Å². The minimum Gasteiger partial charge on any atom is -0.384 e. The summed E-state index contributed by atoms with van der Waals surface area (Å²) in [7, 11) is 0. The van der Waals surface area contributed by atoms with Crippen LogP contribution in [0.2, 0.25) is 5.02 Å². The van der Waals surface area contributed by atoms with Gasteiger partial charge in [0.25, 0.3) is 5.69 Å². The second kappa shape index (κ2) is 6.96. The number of nitro groups is 1. The molecule has 1 aliphatic heterocycles. The van der Waals surface area contributed by atoms with Crippen LogP contribution < -0.4 is 10.6 Å². The summed E-state index contributed by atoms with van der Waals surface area (Å²) in [6, 6.07) is 15.2. The number of allylic oxidation sites excluding steroid dienone is 1. The van der Waals surface area contributed by atoms with E-state index in [-0.39, 0.29) is 11.5 Å². The lowest BCUT2D eigenvalue weighted by Crippen LogP contribution is -2.31. The second-order valence-electron chi connectivity index (χ2n) is 6.49. The molecule has 0 amide bonds. The zero-order chi connectivity index (χ0) is 20.7. The Labute approximate surface area is 170 Å². The molecular weight excluding hydrogens is 394 g/mol. The van der Waals surface area contributed by atoms with Crippen molar-refractivity contribution in [3.63, 3.8) is 0 Å². The zero-order valence-electron chi connectivity index (χ0n) is 15.2. The number of nitro benzene ring substituents is 1. The monoisotopic (exact) mass is 407 g/mol. The number of hydrogen-bond donors (Lipinski definition) is 1. The highest BCUT2D eigenvalue weighted by atomic mass is 35.5. The highest BCUT2D eigenvalue weighted by Crippen LogP contribution is 2.48. The van der Waals surface area contributed by atoms with Crippen LogP contribution in [0, 0.1) is 28.4 Å². The molecule has 0 saturated carbocycles. The summed E-state index contributed by atoms with van der Waals surface area (Å²) in [6.07, 6.45) is 0. The summed E-state index contributed by atoms with van der Waals surface area (Å²) in [5.74, 6) is 0.0297. The average Bonchev–Trinajstić information content (AvgIpc) is 3.08. The van der Waals surface area contributed by atoms with Gasteiger partial charge in [0.2, 0.25) is 5.88 Å². The van der Waals surface area contributed by atoms with E-state index in [9.17, 15) is 15.4 Å². The van der Waals surface area contributed by atoms with Gasteiger partial charge in [0, 0.05) is 17.2 Å². The number of fused-ring (bicyclic) bond motifs is 1. The zero-order valence-corrected chi connectivity index (χ0v) is 15.9. The van der Waals surface area contributed by atoms with Crippen molar-refractivity contribution >= 4 is 28.9 Å². The Balaban J connectivity index is 1.93. The molecule has 0 unspecified atom stereocenters. The molecule has 0 spiro atoms. The van der Waals surface area contributed by atoms with Crippen LogP contribution in [0.3, 0.4) is 0 Å². The first-order chi connectivity index (χ1) is 13.9. The molecule has 0 aliphatic carbocycles. The summed E-state index contributed by atoms with van der Waals surface area (Å²) >= 11 is 6.16. The standard InChI is InChI=1S/C20H14ClN5O3/c1-11-17-18(12-3-2-4-13(21)9-12)16(10-22)19(23)25(20(17)29-24-11)14-5-7-15(8-6-14)26(27)28/h2-9,18H,23H2,1H3/t18-/m1/s1. The van der Waals surface area contributed by atoms with Crippen LogP contribution in [0.25, 0.3) is 0 Å². The van der Waals surface area contributed by atoms with E-state index in [4.69, 9.17) is 21.9 Å². The van der Waals surface area contributed by atoms with Gasteiger partial charge in [-0.3, -0.25) is 15.0 Å². The molecule has 9 heteroatoms. The van der Waals surface area contributed by atoms with E-state index in [1.807, 2.05) is 6.07 Å². The molecule has 0 fully saturated rings. The third-order valence-electron chi connectivity index (χ3n) is 4.81. The fourth-order valence-electron chi connectivity index (χ4n) is 3.50. The van der Waals surface area contributed by atoms with Crippen LogP contribution in [-0.4, -0.2) is 10.1 Å². The smallest absolute Gasteiger partial charge is 0.269 e. The highest BCUT2D eigenvalue weighted by molar-refractivity contribution is 6.30. The number of aryl methyl sites for hydroxylation is 1. The van der Waals surface area contributed by atoms with Crippen molar-refractivity contribution in [1.82, 2.24) is 5.16 Å². The molecular formula is C20H14ClN5O3. The normalized spacial score (nSPS) is 15.8. The molecule has 29 heavy (non-hydrogen) atoms. The number of nitriles is 1. The van der Waals surface area contributed by atoms with Gasteiger partial charge in [0.1, 0.15) is 5.82 Å².